The summed E-state index contributed by atoms with van der Waals surface area (Å²) in [5, 5.41) is 0. The summed E-state index contributed by atoms with van der Waals surface area (Å²) in [6, 6.07) is 3.90. The number of thioether (sulfide) groups is 1. The number of rotatable bonds is 2. The fourth-order valence-electron chi connectivity index (χ4n) is 2.65. The third-order valence-electron chi connectivity index (χ3n) is 3.23. The third-order valence-corrected chi connectivity index (χ3v) is 4.80. The number of hydrogen-bond acceptors (Lipinski definition) is 4. The summed E-state index contributed by atoms with van der Waals surface area (Å²) < 4.78 is 6.43. The molecule has 1 unspecified atom stereocenters. The van der Waals surface area contributed by atoms with Gasteiger partial charge in [0, 0.05) is 36.2 Å². The van der Waals surface area contributed by atoms with Crippen LogP contribution in [0.3, 0.4) is 0 Å². The highest BCUT2D eigenvalue weighted by Crippen LogP contribution is 2.45. The fourth-order valence-corrected chi connectivity index (χ4v) is 4.30. The molecule has 3 rings (SSSR count). The Morgan fingerprint density at radius 3 is 3.12 bits per heavy atom. The average Bonchev–Trinajstić information content (AvgIpc) is 2.63. The first-order valence-corrected chi connectivity index (χ1v) is 6.64. The van der Waals surface area contributed by atoms with Gasteiger partial charge in [0.05, 0.1) is 6.20 Å². The van der Waals surface area contributed by atoms with Crippen LogP contribution >= 0.6 is 11.8 Å². The van der Waals surface area contributed by atoms with Gasteiger partial charge in [0.2, 0.25) is 0 Å². The molecule has 16 heavy (non-hydrogen) atoms. The van der Waals surface area contributed by atoms with Gasteiger partial charge in [-0.1, -0.05) is 0 Å². The molecule has 1 aromatic rings. The maximum Gasteiger partial charge on any atom is 0.138 e. The van der Waals surface area contributed by atoms with E-state index in [1.807, 2.05) is 12.1 Å². The Balaban J connectivity index is 1.59. The molecule has 0 radical (unpaired) electrons. The standard InChI is InChI=1S/C12H16N2OS/c1-14-8-12(9-14)5-11(7-16-12)15-10-3-2-4-13-6-10/h2-4,6,11H,5,7-9H2,1H3. The van der Waals surface area contributed by atoms with Crippen LogP contribution in [0.15, 0.2) is 24.5 Å². The SMILES string of the molecule is CN1CC2(CC(Oc3cccnc3)CS2)C1. The Labute approximate surface area is 100 Å². The molecule has 2 aliphatic heterocycles. The highest BCUT2D eigenvalue weighted by molar-refractivity contribution is 8.01. The summed E-state index contributed by atoms with van der Waals surface area (Å²) in [5.74, 6) is 2.01. The topological polar surface area (TPSA) is 25.4 Å². The molecule has 0 amide bonds. The number of hydrogen-bond donors (Lipinski definition) is 0. The van der Waals surface area contributed by atoms with Crippen molar-refractivity contribution in [2.75, 3.05) is 25.9 Å². The molecule has 2 aliphatic rings. The number of likely N-dealkylation sites (tertiary alicyclic amines) is 1. The first-order chi connectivity index (χ1) is 7.76. The summed E-state index contributed by atoms with van der Waals surface area (Å²) in [7, 11) is 2.18. The molecular formula is C12H16N2OS. The van der Waals surface area contributed by atoms with Gasteiger partial charge >= 0.3 is 0 Å². The van der Waals surface area contributed by atoms with Gasteiger partial charge in [0.25, 0.3) is 0 Å². The first kappa shape index (κ1) is 10.4. The van der Waals surface area contributed by atoms with Crippen molar-refractivity contribution in [3.8, 4) is 5.75 Å². The van der Waals surface area contributed by atoms with E-state index < -0.39 is 0 Å². The van der Waals surface area contributed by atoms with Crippen LogP contribution in [0.25, 0.3) is 0 Å². The molecule has 0 aromatic carbocycles. The van der Waals surface area contributed by atoms with E-state index in [4.69, 9.17) is 4.74 Å². The van der Waals surface area contributed by atoms with Gasteiger partial charge in [-0.05, 0) is 19.2 Å². The second-order valence-corrected chi connectivity index (χ2v) is 6.29. The number of ether oxygens (including phenoxy) is 1. The summed E-state index contributed by atoms with van der Waals surface area (Å²) in [4.78, 5) is 6.44. The van der Waals surface area contributed by atoms with Crippen molar-refractivity contribution in [2.24, 2.45) is 0 Å². The zero-order chi connectivity index (χ0) is 11.0. The fraction of sp³-hybridized carbons (Fsp3) is 0.583. The smallest absolute Gasteiger partial charge is 0.138 e. The van der Waals surface area contributed by atoms with Crippen LogP contribution in [0.5, 0.6) is 5.75 Å². The predicted molar refractivity (Wildman–Crippen MR) is 66.0 cm³/mol. The van der Waals surface area contributed by atoms with Gasteiger partial charge in [-0.2, -0.15) is 0 Å². The van der Waals surface area contributed by atoms with E-state index in [2.05, 4.69) is 28.7 Å². The number of pyridine rings is 1. The Bertz CT molecular complexity index is 365. The minimum absolute atomic E-state index is 0.364. The maximum absolute atomic E-state index is 5.94. The van der Waals surface area contributed by atoms with Gasteiger partial charge < -0.3 is 9.64 Å². The van der Waals surface area contributed by atoms with E-state index >= 15 is 0 Å². The van der Waals surface area contributed by atoms with Crippen molar-refractivity contribution in [2.45, 2.75) is 17.3 Å². The van der Waals surface area contributed by atoms with E-state index in [1.165, 1.54) is 19.5 Å². The molecule has 3 nitrogen and oxygen atoms in total. The maximum atomic E-state index is 5.94. The highest BCUT2D eigenvalue weighted by atomic mass is 32.2. The van der Waals surface area contributed by atoms with Crippen LogP contribution in [0.2, 0.25) is 0 Å². The molecule has 1 atom stereocenters. The van der Waals surface area contributed by atoms with Crippen molar-refractivity contribution in [1.29, 1.82) is 0 Å². The van der Waals surface area contributed by atoms with E-state index in [0.717, 1.165) is 11.5 Å². The van der Waals surface area contributed by atoms with Gasteiger partial charge in [-0.25, -0.2) is 0 Å². The van der Waals surface area contributed by atoms with E-state index in [0.29, 0.717) is 10.9 Å². The molecule has 0 saturated carbocycles. The third kappa shape index (κ3) is 1.92. The van der Waals surface area contributed by atoms with Crippen LogP contribution in [0.1, 0.15) is 6.42 Å². The Morgan fingerprint density at radius 2 is 2.44 bits per heavy atom. The molecule has 0 aliphatic carbocycles. The molecule has 2 fully saturated rings. The van der Waals surface area contributed by atoms with Gasteiger partial charge in [-0.15, -0.1) is 11.8 Å². The molecule has 0 bridgehead atoms. The minimum atomic E-state index is 0.364. The van der Waals surface area contributed by atoms with Gasteiger partial charge in [0.1, 0.15) is 11.9 Å². The summed E-state index contributed by atoms with van der Waals surface area (Å²) in [5.41, 5.74) is 0. The first-order valence-electron chi connectivity index (χ1n) is 5.65. The molecule has 1 spiro atoms. The lowest BCUT2D eigenvalue weighted by Crippen LogP contribution is -2.56. The van der Waals surface area contributed by atoms with Crippen molar-refractivity contribution in [1.82, 2.24) is 9.88 Å². The summed E-state index contributed by atoms with van der Waals surface area (Å²) in [6.45, 7) is 2.43. The van der Waals surface area contributed by atoms with Crippen molar-refractivity contribution in [3.63, 3.8) is 0 Å². The van der Waals surface area contributed by atoms with Gasteiger partial charge in [0.15, 0.2) is 0 Å². The predicted octanol–water partition coefficient (Wildman–Crippen LogP) is 1.65. The lowest BCUT2D eigenvalue weighted by Gasteiger charge is -2.45. The van der Waals surface area contributed by atoms with Crippen molar-refractivity contribution >= 4 is 11.8 Å². The second-order valence-electron chi connectivity index (χ2n) is 4.80. The minimum Gasteiger partial charge on any atom is -0.488 e. The molecule has 0 N–H and O–H groups in total. The molecule has 3 heterocycles. The van der Waals surface area contributed by atoms with Crippen LogP contribution in [0, 0.1) is 0 Å². The molecule has 86 valence electrons. The number of aromatic nitrogens is 1. The monoisotopic (exact) mass is 236 g/mol. The summed E-state index contributed by atoms with van der Waals surface area (Å²) >= 11 is 2.08. The van der Waals surface area contributed by atoms with E-state index in [1.54, 1.807) is 12.4 Å². The van der Waals surface area contributed by atoms with E-state index in [9.17, 15) is 0 Å². The molecule has 2 saturated heterocycles. The summed E-state index contributed by atoms with van der Waals surface area (Å²) in [6.07, 6.45) is 5.11. The van der Waals surface area contributed by atoms with Gasteiger partial charge in [-0.3, -0.25) is 4.98 Å². The normalized spacial score (nSPS) is 27.9. The zero-order valence-electron chi connectivity index (χ0n) is 9.43. The molecular weight excluding hydrogens is 220 g/mol. The Morgan fingerprint density at radius 1 is 1.56 bits per heavy atom. The van der Waals surface area contributed by atoms with Crippen LogP contribution in [-0.4, -0.2) is 46.6 Å². The van der Waals surface area contributed by atoms with Crippen LogP contribution in [0.4, 0.5) is 0 Å². The second kappa shape index (κ2) is 3.93. The average molecular weight is 236 g/mol. The Hall–Kier alpha value is -0.740. The van der Waals surface area contributed by atoms with Crippen molar-refractivity contribution < 1.29 is 4.74 Å². The molecule has 4 heteroatoms. The van der Waals surface area contributed by atoms with Crippen LogP contribution < -0.4 is 4.74 Å². The largest absolute Gasteiger partial charge is 0.488 e. The lowest BCUT2D eigenvalue weighted by molar-refractivity contribution is 0.123. The Kier molecular flexibility index (Phi) is 2.56. The highest BCUT2D eigenvalue weighted by Gasteiger charge is 2.48. The molecule has 1 aromatic heterocycles. The zero-order valence-corrected chi connectivity index (χ0v) is 10.2. The quantitative estimate of drug-likeness (QED) is 0.779. The lowest BCUT2D eigenvalue weighted by atomic mass is 9.94. The van der Waals surface area contributed by atoms with Crippen molar-refractivity contribution in [3.05, 3.63) is 24.5 Å². The van der Waals surface area contributed by atoms with E-state index in [-0.39, 0.29) is 0 Å². The van der Waals surface area contributed by atoms with Crippen LogP contribution in [-0.2, 0) is 0 Å². The number of nitrogens with zero attached hydrogens (tertiary/aromatic N) is 2.